The molecule has 0 amide bonds. The highest BCUT2D eigenvalue weighted by Gasteiger charge is 2.66. The molecule has 2 atom stereocenters. The largest absolute Gasteiger partial charge is 0.469 e. The van der Waals surface area contributed by atoms with Crippen LogP contribution in [-0.4, -0.2) is 36.2 Å². The van der Waals surface area contributed by atoms with Crippen LogP contribution in [0.3, 0.4) is 0 Å². The summed E-state index contributed by atoms with van der Waals surface area (Å²) in [6.07, 6.45) is 0. The van der Waals surface area contributed by atoms with Crippen LogP contribution >= 0.6 is 0 Å². The number of methoxy groups -OCH3 is 1. The minimum Gasteiger partial charge on any atom is -0.469 e. The molecule has 1 saturated carbocycles. The van der Waals surface area contributed by atoms with Crippen LogP contribution in [0.2, 0.25) is 0 Å². The number of carbonyl (C=O) groups is 3. The molecule has 0 aromatic rings. The molecule has 0 aromatic heterocycles. The minimum atomic E-state index is -0.827. The Morgan fingerprint density at radius 3 is 1.19 bits per heavy atom. The molecular formula is C15H24O6. The number of hydrogen-bond donors (Lipinski definition) is 0. The van der Waals surface area contributed by atoms with Crippen LogP contribution in [0, 0.1) is 17.8 Å². The van der Waals surface area contributed by atoms with Crippen molar-refractivity contribution in [3.63, 3.8) is 0 Å². The summed E-state index contributed by atoms with van der Waals surface area (Å²) in [6, 6.07) is 0. The molecule has 0 N–H and O–H groups in total. The van der Waals surface area contributed by atoms with Crippen molar-refractivity contribution in [3.05, 3.63) is 0 Å². The van der Waals surface area contributed by atoms with Crippen molar-refractivity contribution in [2.45, 2.75) is 52.7 Å². The first kappa shape index (κ1) is 17.5. The van der Waals surface area contributed by atoms with Crippen molar-refractivity contribution in [1.29, 1.82) is 0 Å². The van der Waals surface area contributed by atoms with Crippen LogP contribution in [0.4, 0.5) is 0 Å². The lowest BCUT2D eigenvalue weighted by Crippen LogP contribution is -2.28. The zero-order valence-corrected chi connectivity index (χ0v) is 13.7. The Hall–Kier alpha value is -1.59. The van der Waals surface area contributed by atoms with Gasteiger partial charge in [-0.05, 0) is 41.5 Å². The quantitative estimate of drug-likeness (QED) is 0.583. The van der Waals surface area contributed by atoms with Crippen LogP contribution in [0.25, 0.3) is 0 Å². The van der Waals surface area contributed by atoms with Gasteiger partial charge in [-0.2, -0.15) is 0 Å². The van der Waals surface area contributed by atoms with E-state index in [2.05, 4.69) is 4.74 Å². The molecule has 1 rings (SSSR count). The van der Waals surface area contributed by atoms with Gasteiger partial charge in [0.25, 0.3) is 0 Å². The molecule has 0 heterocycles. The van der Waals surface area contributed by atoms with E-state index in [1.807, 2.05) is 0 Å². The van der Waals surface area contributed by atoms with Crippen molar-refractivity contribution in [1.82, 2.24) is 0 Å². The Kier molecular flexibility index (Phi) is 4.70. The van der Waals surface area contributed by atoms with Crippen LogP contribution in [0.5, 0.6) is 0 Å². The van der Waals surface area contributed by atoms with Crippen LogP contribution in [0.1, 0.15) is 41.5 Å². The Balaban J connectivity index is 2.84. The lowest BCUT2D eigenvalue weighted by Gasteiger charge is -2.20. The summed E-state index contributed by atoms with van der Waals surface area (Å²) >= 11 is 0. The third kappa shape index (κ3) is 4.72. The maximum atomic E-state index is 12.1. The summed E-state index contributed by atoms with van der Waals surface area (Å²) < 4.78 is 15.1. The van der Waals surface area contributed by atoms with Gasteiger partial charge in [-0.3, -0.25) is 14.4 Å². The average molecular weight is 300 g/mol. The average Bonchev–Trinajstić information content (AvgIpc) is 2.98. The summed E-state index contributed by atoms with van der Waals surface area (Å²) in [7, 11) is 1.22. The SMILES string of the molecule is COC(=O)C1[C@@H](C(=O)OC(C)(C)C)[C@@H]1C(=O)OC(C)(C)C. The van der Waals surface area contributed by atoms with E-state index in [0.717, 1.165) is 0 Å². The third-order valence-electron chi connectivity index (χ3n) is 2.85. The maximum Gasteiger partial charge on any atom is 0.311 e. The number of esters is 3. The van der Waals surface area contributed by atoms with Gasteiger partial charge in [0, 0.05) is 0 Å². The van der Waals surface area contributed by atoms with E-state index in [0.29, 0.717) is 0 Å². The first-order valence-electron chi connectivity index (χ1n) is 6.91. The second kappa shape index (κ2) is 5.66. The van der Waals surface area contributed by atoms with E-state index in [9.17, 15) is 14.4 Å². The molecule has 21 heavy (non-hydrogen) atoms. The fourth-order valence-corrected chi connectivity index (χ4v) is 2.07. The summed E-state index contributed by atoms with van der Waals surface area (Å²) in [5.41, 5.74) is -1.36. The smallest absolute Gasteiger partial charge is 0.311 e. The third-order valence-corrected chi connectivity index (χ3v) is 2.85. The number of carbonyl (C=O) groups excluding carboxylic acids is 3. The lowest BCUT2D eigenvalue weighted by atomic mass is 10.2. The zero-order valence-electron chi connectivity index (χ0n) is 13.7. The molecule has 120 valence electrons. The second-order valence-corrected chi connectivity index (χ2v) is 7.17. The molecule has 1 aliphatic carbocycles. The van der Waals surface area contributed by atoms with E-state index in [4.69, 9.17) is 9.47 Å². The van der Waals surface area contributed by atoms with Gasteiger partial charge in [0.15, 0.2) is 0 Å². The number of hydrogen-bond acceptors (Lipinski definition) is 6. The molecule has 0 bridgehead atoms. The van der Waals surface area contributed by atoms with E-state index in [1.54, 1.807) is 41.5 Å². The second-order valence-electron chi connectivity index (χ2n) is 7.17. The van der Waals surface area contributed by atoms with Crippen molar-refractivity contribution >= 4 is 17.9 Å². The lowest BCUT2D eigenvalue weighted by molar-refractivity contribution is -0.163. The predicted octanol–water partition coefficient (Wildman–Crippen LogP) is 1.70. The monoisotopic (exact) mass is 300 g/mol. The summed E-state index contributed by atoms with van der Waals surface area (Å²) in [5, 5.41) is 0. The standard InChI is InChI=1S/C15H24O6/c1-14(2,3)20-12(17)9-8(11(16)19-7)10(9)13(18)21-15(4,5)6/h8-10H,1-7H3/t9-,10-/m1/s1. The van der Waals surface area contributed by atoms with E-state index in [-0.39, 0.29) is 0 Å². The van der Waals surface area contributed by atoms with Crippen LogP contribution in [0.15, 0.2) is 0 Å². The van der Waals surface area contributed by atoms with Gasteiger partial charge >= 0.3 is 17.9 Å². The molecule has 0 radical (unpaired) electrons. The Morgan fingerprint density at radius 1 is 0.667 bits per heavy atom. The maximum absolute atomic E-state index is 12.1. The first-order chi connectivity index (χ1) is 9.37. The number of ether oxygens (including phenoxy) is 3. The fourth-order valence-electron chi connectivity index (χ4n) is 2.07. The van der Waals surface area contributed by atoms with Gasteiger partial charge in [-0.1, -0.05) is 0 Å². The minimum absolute atomic E-state index is 0.575. The van der Waals surface area contributed by atoms with Crippen molar-refractivity contribution in [2.75, 3.05) is 7.11 Å². The van der Waals surface area contributed by atoms with Gasteiger partial charge in [0.2, 0.25) is 0 Å². The molecule has 0 spiro atoms. The first-order valence-corrected chi connectivity index (χ1v) is 6.91. The summed E-state index contributed by atoms with van der Waals surface area (Å²) in [5.74, 6) is -4.22. The van der Waals surface area contributed by atoms with E-state index < -0.39 is 46.9 Å². The highest BCUT2D eigenvalue weighted by atomic mass is 16.6. The fraction of sp³-hybridized carbons (Fsp3) is 0.800. The van der Waals surface area contributed by atoms with Gasteiger partial charge in [-0.25, -0.2) is 0 Å². The van der Waals surface area contributed by atoms with Gasteiger partial charge in [-0.15, -0.1) is 0 Å². The summed E-state index contributed by atoms with van der Waals surface area (Å²) in [6.45, 7) is 10.4. The van der Waals surface area contributed by atoms with E-state index >= 15 is 0 Å². The molecule has 0 aliphatic heterocycles. The van der Waals surface area contributed by atoms with Crippen molar-refractivity contribution < 1.29 is 28.6 Å². The molecule has 6 heteroatoms. The van der Waals surface area contributed by atoms with E-state index in [1.165, 1.54) is 7.11 Å². The topological polar surface area (TPSA) is 78.9 Å². The molecule has 1 aliphatic rings. The normalized spacial score (nSPS) is 25.0. The highest BCUT2D eigenvalue weighted by molar-refractivity contribution is 5.97. The van der Waals surface area contributed by atoms with Gasteiger partial charge in [0.1, 0.15) is 11.2 Å². The van der Waals surface area contributed by atoms with Gasteiger partial charge < -0.3 is 14.2 Å². The molecule has 0 saturated heterocycles. The zero-order chi connectivity index (χ0) is 16.6. The summed E-state index contributed by atoms with van der Waals surface area (Å²) in [4.78, 5) is 35.9. The highest BCUT2D eigenvalue weighted by Crippen LogP contribution is 2.49. The molecular weight excluding hydrogens is 276 g/mol. The Morgan fingerprint density at radius 2 is 0.952 bits per heavy atom. The van der Waals surface area contributed by atoms with Crippen molar-refractivity contribution in [3.8, 4) is 0 Å². The Labute approximate surface area is 125 Å². The van der Waals surface area contributed by atoms with Crippen LogP contribution < -0.4 is 0 Å². The molecule has 0 unspecified atom stereocenters. The molecule has 0 aromatic carbocycles. The Bertz CT molecular complexity index is 406. The number of rotatable bonds is 3. The molecule has 6 nitrogen and oxygen atoms in total. The van der Waals surface area contributed by atoms with Gasteiger partial charge in [0.05, 0.1) is 24.9 Å². The molecule has 1 fully saturated rings. The van der Waals surface area contributed by atoms with Crippen LogP contribution in [-0.2, 0) is 28.6 Å². The van der Waals surface area contributed by atoms with Crippen molar-refractivity contribution in [2.24, 2.45) is 17.8 Å². The predicted molar refractivity (Wildman–Crippen MR) is 74.2 cm³/mol.